The van der Waals surface area contributed by atoms with Crippen LogP contribution in [0.25, 0.3) is 0 Å². The van der Waals surface area contributed by atoms with Crippen LogP contribution in [-0.4, -0.2) is 6.29 Å². The molecule has 0 saturated carbocycles. The zero-order valence-corrected chi connectivity index (χ0v) is 7.09. The van der Waals surface area contributed by atoms with Crippen molar-refractivity contribution in [2.24, 2.45) is 5.73 Å². The lowest BCUT2D eigenvalue weighted by Crippen LogP contribution is -2.25. The summed E-state index contributed by atoms with van der Waals surface area (Å²) in [6.45, 7) is 0.161. The van der Waals surface area contributed by atoms with Gasteiger partial charge in [-0.25, -0.2) is 0 Å². The van der Waals surface area contributed by atoms with Gasteiger partial charge in [0.15, 0.2) is 11.5 Å². The van der Waals surface area contributed by atoms with Gasteiger partial charge >= 0.3 is 6.29 Å². The Labute approximate surface area is 78.4 Å². The van der Waals surface area contributed by atoms with Gasteiger partial charge in [0.05, 0.1) is 0 Å². The predicted molar refractivity (Wildman–Crippen MR) is 44.9 cm³/mol. The third-order valence-electron chi connectivity index (χ3n) is 1.88. The van der Waals surface area contributed by atoms with Crippen LogP contribution in [0.2, 0.25) is 0 Å². The highest BCUT2D eigenvalue weighted by Gasteiger charge is 2.43. The van der Waals surface area contributed by atoms with Crippen molar-refractivity contribution in [1.29, 1.82) is 0 Å². The molecule has 2 rings (SSSR count). The number of anilines is 1. The first kappa shape index (κ1) is 9.01. The number of halogens is 2. The zero-order chi connectivity index (χ0) is 10.3. The number of alkyl halides is 2. The SMILES string of the molecule is NCc1cc2c(cc1N)OC(F)(F)O2. The molecular formula is C8H8F2N2O2. The quantitative estimate of drug-likeness (QED) is 0.668. The minimum atomic E-state index is -3.61. The van der Waals surface area contributed by atoms with Gasteiger partial charge in [-0.3, -0.25) is 0 Å². The molecule has 1 aromatic rings. The lowest BCUT2D eigenvalue weighted by molar-refractivity contribution is -0.286. The number of ether oxygens (including phenoxy) is 2. The van der Waals surface area contributed by atoms with E-state index in [2.05, 4.69) is 9.47 Å². The highest BCUT2D eigenvalue weighted by molar-refractivity contribution is 5.58. The molecule has 0 spiro atoms. The third-order valence-corrected chi connectivity index (χ3v) is 1.88. The maximum absolute atomic E-state index is 12.6. The molecule has 0 saturated heterocycles. The molecule has 0 unspecified atom stereocenters. The average molecular weight is 202 g/mol. The molecule has 76 valence electrons. The van der Waals surface area contributed by atoms with E-state index in [0.29, 0.717) is 11.3 Å². The van der Waals surface area contributed by atoms with Gasteiger partial charge in [0, 0.05) is 18.3 Å². The summed E-state index contributed by atoms with van der Waals surface area (Å²) in [6.07, 6.45) is -3.61. The molecule has 6 heteroatoms. The standard InChI is InChI=1S/C8H8F2N2O2/c9-8(10)13-6-1-4(3-11)5(12)2-7(6)14-8/h1-2H,3,11-12H2. The first-order valence-corrected chi connectivity index (χ1v) is 3.90. The molecule has 0 bridgehead atoms. The van der Waals surface area contributed by atoms with Crippen molar-refractivity contribution in [3.63, 3.8) is 0 Å². The molecule has 4 nitrogen and oxygen atoms in total. The van der Waals surface area contributed by atoms with Gasteiger partial charge in [-0.2, -0.15) is 0 Å². The first-order valence-electron chi connectivity index (χ1n) is 3.90. The number of benzene rings is 1. The molecule has 14 heavy (non-hydrogen) atoms. The Morgan fingerprint density at radius 1 is 1.21 bits per heavy atom. The molecule has 1 aliphatic heterocycles. The first-order chi connectivity index (χ1) is 6.52. The van der Waals surface area contributed by atoms with E-state index in [1.54, 1.807) is 0 Å². The summed E-state index contributed by atoms with van der Waals surface area (Å²) in [5, 5.41) is 0. The van der Waals surface area contributed by atoms with E-state index >= 15 is 0 Å². The van der Waals surface area contributed by atoms with Crippen molar-refractivity contribution >= 4 is 5.69 Å². The van der Waals surface area contributed by atoms with Gasteiger partial charge < -0.3 is 20.9 Å². The van der Waals surface area contributed by atoms with E-state index < -0.39 is 6.29 Å². The van der Waals surface area contributed by atoms with E-state index in [1.807, 2.05) is 0 Å². The van der Waals surface area contributed by atoms with Gasteiger partial charge in [-0.1, -0.05) is 0 Å². The Morgan fingerprint density at radius 2 is 1.79 bits per heavy atom. The van der Waals surface area contributed by atoms with Gasteiger partial charge in [-0.05, 0) is 11.6 Å². The average Bonchev–Trinajstić information content (AvgIpc) is 2.36. The van der Waals surface area contributed by atoms with Gasteiger partial charge in [0.25, 0.3) is 0 Å². The van der Waals surface area contributed by atoms with Crippen LogP contribution in [0.4, 0.5) is 14.5 Å². The summed E-state index contributed by atoms with van der Waals surface area (Å²) >= 11 is 0. The molecule has 1 heterocycles. The summed E-state index contributed by atoms with van der Waals surface area (Å²) < 4.78 is 33.6. The minimum Gasteiger partial charge on any atom is -0.398 e. The Bertz CT molecular complexity index is 382. The number of hydrogen-bond acceptors (Lipinski definition) is 4. The topological polar surface area (TPSA) is 70.5 Å². The summed E-state index contributed by atoms with van der Waals surface area (Å²) in [5.74, 6) is -0.102. The number of nitrogens with two attached hydrogens (primary N) is 2. The maximum atomic E-state index is 12.6. The van der Waals surface area contributed by atoms with Crippen LogP contribution in [0.15, 0.2) is 12.1 Å². The summed E-state index contributed by atoms with van der Waals surface area (Å²) in [5.41, 5.74) is 11.7. The van der Waals surface area contributed by atoms with Crippen molar-refractivity contribution in [3.05, 3.63) is 17.7 Å². The van der Waals surface area contributed by atoms with Crippen LogP contribution < -0.4 is 20.9 Å². The molecule has 0 amide bonds. The largest absolute Gasteiger partial charge is 0.586 e. The molecule has 1 aromatic carbocycles. The molecule has 0 atom stereocenters. The van der Waals surface area contributed by atoms with Crippen LogP contribution in [0.5, 0.6) is 11.5 Å². The smallest absolute Gasteiger partial charge is 0.398 e. The molecular weight excluding hydrogens is 194 g/mol. The molecule has 0 radical (unpaired) electrons. The molecule has 0 aromatic heterocycles. The number of rotatable bonds is 1. The normalized spacial score (nSPS) is 17.1. The fourth-order valence-electron chi connectivity index (χ4n) is 1.23. The fraction of sp³-hybridized carbons (Fsp3) is 0.250. The van der Waals surface area contributed by atoms with Crippen molar-refractivity contribution in [2.45, 2.75) is 12.8 Å². The van der Waals surface area contributed by atoms with Crippen molar-refractivity contribution in [3.8, 4) is 11.5 Å². The van der Waals surface area contributed by atoms with Crippen molar-refractivity contribution < 1.29 is 18.3 Å². The summed E-state index contributed by atoms with van der Waals surface area (Å²) in [4.78, 5) is 0. The van der Waals surface area contributed by atoms with Crippen LogP contribution in [0, 0.1) is 0 Å². The Kier molecular flexibility index (Phi) is 1.75. The summed E-state index contributed by atoms with van der Waals surface area (Å²) in [6, 6.07) is 2.63. The second kappa shape index (κ2) is 2.71. The zero-order valence-electron chi connectivity index (χ0n) is 7.09. The Morgan fingerprint density at radius 3 is 2.36 bits per heavy atom. The van der Waals surface area contributed by atoms with Crippen LogP contribution in [-0.2, 0) is 6.54 Å². The highest BCUT2D eigenvalue weighted by Crippen LogP contribution is 2.42. The van der Waals surface area contributed by atoms with E-state index in [0.717, 1.165) is 0 Å². The second-order valence-corrected chi connectivity index (χ2v) is 2.87. The van der Waals surface area contributed by atoms with Crippen LogP contribution >= 0.6 is 0 Å². The summed E-state index contributed by atoms with van der Waals surface area (Å²) in [7, 11) is 0. The lowest BCUT2D eigenvalue weighted by Gasteiger charge is -2.04. The molecule has 4 N–H and O–H groups in total. The lowest BCUT2D eigenvalue weighted by atomic mass is 10.1. The minimum absolute atomic E-state index is 0.0374. The van der Waals surface area contributed by atoms with E-state index in [-0.39, 0.29) is 18.0 Å². The van der Waals surface area contributed by atoms with Crippen LogP contribution in [0.3, 0.4) is 0 Å². The van der Waals surface area contributed by atoms with Crippen molar-refractivity contribution in [1.82, 2.24) is 0 Å². The van der Waals surface area contributed by atoms with E-state index in [4.69, 9.17) is 11.5 Å². The van der Waals surface area contributed by atoms with Gasteiger partial charge in [0.2, 0.25) is 0 Å². The van der Waals surface area contributed by atoms with Crippen molar-refractivity contribution in [2.75, 3.05) is 5.73 Å². The Balaban J connectivity index is 2.44. The molecule has 1 aliphatic rings. The fourth-order valence-corrected chi connectivity index (χ4v) is 1.23. The van der Waals surface area contributed by atoms with E-state index in [1.165, 1.54) is 12.1 Å². The van der Waals surface area contributed by atoms with Crippen LogP contribution in [0.1, 0.15) is 5.56 Å². The van der Waals surface area contributed by atoms with Gasteiger partial charge in [-0.15, -0.1) is 8.78 Å². The Hall–Kier alpha value is -1.56. The predicted octanol–water partition coefficient (Wildman–Crippen LogP) is 1.05. The monoisotopic (exact) mass is 202 g/mol. The van der Waals surface area contributed by atoms with E-state index in [9.17, 15) is 8.78 Å². The molecule has 0 fully saturated rings. The third kappa shape index (κ3) is 1.33. The number of fused-ring (bicyclic) bond motifs is 1. The number of hydrogen-bond donors (Lipinski definition) is 2. The maximum Gasteiger partial charge on any atom is 0.586 e. The second-order valence-electron chi connectivity index (χ2n) is 2.87. The van der Waals surface area contributed by atoms with Gasteiger partial charge in [0.1, 0.15) is 0 Å². The highest BCUT2D eigenvalue weighted by atomic mass is 19.3. The molecule has 0 aliphatic carbocycles. The number of nitrogen functional groups attached to an aromatic ring is 1.